The van der Waals surface area contributed by atoms with E-state index in [-0.39, 0.29) is 29.8 Å². The Balaban J connectivity index is 1.68. The summed E-state index contributed by atoms with van der Waals surface area (Å²) >= 11 is 0. The molecular formula is C18H28N4O3. The number of nitrogens with zero attached hydrogens (tertiary/aromatic N) is 4. The first-order valence-electron chi connectivity index (χ1n) is 9.37. The molecule has 3 rings (SSSR count). The van der Waals surface area contributed by atoms with Gasteiger partial charge >= 0.3 is 0 Å². The quantitative estimate of drug-likeness (QED) is 0.836. The molecule has 0 aliphatic carbocycles. The molecule has 7 heteroatoms. The molecule has 2 aliphatic rings. The second-order valence-electron chi connectivity index (χ2n) is 7.46. The van der Waals surface area contributed by atoms with Crippen molar-refractivity contribution in [2.75, 3.05) is 13.1 Å². The highest BCUT2D eigenvalue weighted by Crippen LogP contribution is 2.32. The lowest BCUT2D eigenvalue weighted by Crippen LogP contribution is -2.45. The molecule has 2 aliphatic heterocycles. The van der Waals surface area contributed by atoms with Crippen molar-refractivity contribution in [1.29, 1.82) is 0 Å². The van der Waals surface area contributed by atoms with Crippen LogP contribution in [0.3, 0.4) is 0 Å². The SMILES string of the molecule is CC(=O)N1CCCCC1CC(=O)N1CCCC1c1noc(C(C)C)n1. The Labute approximate surface area is 148 Å². The van der Waals surface area contributed by atoms with Crippen molar-refractivity contribution < 1.29 is 14.1 Å². The van der Waals surface area contributed by atoms with Crippen LogP contribution in [-0.2, 0) is 9.59 Å². The number of hydrogen-bond donors (Lipinski definition) is 0. The zero-order valence-corrected chi connectivity index (χ0v) is 15.4. The molecule has 2 amide bonds. The largest absolute Gasteiger partial charge is 0.339 e. The third kappa shape index (κ3) is 3.85. The molecule has 2 atom stereocenters. The molecule has 3 heterocycles. The van der Waals surface area contributed by atoms with Gasteiger partial charge in [-0.1, -0.05) is 19.0 Å². The average Bonchev–Trinajstić information content (AvgIpc) is 3.24. The Bertz CT molecular complexity index is 628. The van der Waals surface area contributed by atoms with Gasteiger partial charge < -0.3 is 14.3 Å². The highest BCUT2D eigenvalue weighted by Gasteiger charge is 2.36. The lowest BCUT2D eigenvalue weighted by molar-refractivity contribution is -0.137. The van der Waals surface area contributed by atoms with Crippen LogP contribution in [0.15, 0.2) is 4.52 Å². The molecule has 0 radical (unpaired) electrons. The molecular weight excluding hydrogens is 320 g/mol. The normalized spacial score (nSPS) is 24.2. The summed E-state index contributed by atoms with van der Waals surface area (Å²) in [6.07, 6.45) is 5.21. The van der Waals surface area contributed by atoms with Crippen LogP contribution in [0, 0.1) is 0 Å². The molecule has 0 spiro atoms. The lowest BCUT2D eigenvalue weighted by atomic mass is 9.98. The standard InChI is InChI=1S/C18H28N4O3/c1-12(2)18-19-17(20-25-18)15-8-6-10-22(15)16(24)11-14-7-4-5-9-21(14)13(3)23/h12,14-15H,4-11H2,1-3H3. The topological polar surface area (TPSA) is 79.5 Å². The van der Waals surface area contributed by atoms with Crippen LogP contribution in [0.4, 0.5) is 0 Å². The van der Waals surface area contributed by atoms with Gasteiger partial charge in [-0.3, -0.25) is 9.59 Å². The van der Waals surface area contributed by atoms with Gasteiger partial charge in [0.2, 0.25) is 17.7 Å². The van der Waals surface area contributed by atoms with Crippen LogP contribution in [0.2, 0.25) is 0 Å². The van der Waals surface area contributed by atoms with Crippen LogP contribution in [0.5, 0.6) is 0 Å². The van der Waals surface area contributed by atoms with Crippen molar-refractivity contribution in [3.05, 3.63) is 11.7 Å². The van der Waals surface area contributed by atoms with Gasteiger partial charge in [0.1, 0.15) is 0 Å². The molecule has 0 aromatic carbocycles. The van der Waals surface area contributed by atoms with Crippen LogP contribution in [0.1, 0.15) is 83.0 Å². The first-order chi connectivity index (χ1) is 12.0. The number of aromatic nitrogens is 2. The van der Waals surface area contributed by atoms with E-state index in [2.05, 4.69) is 10.1 Å². The number of hydrogen-bond acceptors (Lipinski definition) is 5. The zero-order chi connectivity index (χ0) is 18.0. The highest BCUT2D eigenvalue weighted by atomic mass is 16.5. The molecule has 2 saturated heterocycles. The summed E-state index contributed by atoms with van der Waals surface area (Å²) in [5.41, 5.74) is 0. The summed E-state index contributed by atoms with van der Waals surface area (Å²) in [6, 6.07) is -0.0744. The van der Waals surface area contributed by atoms with Gasteiger partial charge in [-0.15, -0.1) is 0 Å². The lowest BCUT2D eigenvalue weighted by Gasteiger charge is -2.36. The summed E-state index contributed by atoms with van der Waals surface area (Å²) in [6.45, 7) is 7.10. The maximum Gasteiger partial charge on any atom is 0.229 e. The van der Waals surface area contributed by atoms with Crippen molar-refractivity contribution in [2.24, 2.45) is 0 Å². The van der Waals surface area contributed by atoms with Gasteiger partial charge in [0.15, 0.2) is 5.82 Å². The maximum atomic E-state index is 12.9. The van der Waals surface area contributed by atoms with Crippen LogP contribution in [0.25, 0.3) is 0 Å². The molecule has 138 valence electrons. The second-order valence-corrected chi connectivity index (χ2v) is 7.46. The monoisotopic (exact) mass is 348 g/mol. The minimum atomic E-state index is -0.0990. The molecule has 1 aromatic heterocycles. The molecule has 2 unspecified atom stereocenters. The van der Waals surface area contributed by atoms with E-state index in [9.17, 15) is 9.59 Å². The number of piperidine rings is 1. The van der Waals surface area contributed by atoms with Gasteiger partial charge in [-0.25, -0.2) is 0 Å². The van der Waals surface area contributed by atoms with E-state index >= 15 is 0 Å². The zero-order valence-electron chi connectivity index (χ0n) is 15.4. The first-order valence-corrected chi connectivity index (χ1v) is 9.37. The van der Waals surface area contributed by atoms with Gasteiger partial charge in [-0.2, -0.15) is 4.98 Å². The van der Waals surface area contributed by atoms with Crippen LogP contribution < -0.4 is 0 Å². The van der Waals surface area contributed by atoms with E-state index in [4.69, 9.17) is 4.52 Å². The van der Waals surface area contributed by atoms with Crippen molar-refractivity contribution in [3.63, 3.8) is 0 Å². The molecule has 7 nitrogen and oxygen atoms in total. The van der Waals surface area contributed by atoms with E-state index in [1.165, 1.54) is 0 Å². The Morgan fingerprint density at radius 1 is 1.16 bits per heavy atom. The highest BCUT2D eigenvalue weighted by molar-refractivity contribution is 5.79. The van der Waals surface area contributed by atoms with Crippen molar-refractivity contribution in [3.8, 4) is 0 Å². The van der Waals surface area contributed by atoms with E-state index in [1.54, 1.807) is 6.92 Å². The molecule has 1 aromatic rings. The molecule has 25 heavy (non-hydrogen) atoms. The summed E-state index contributed by atoms with van der Waals surface area (Å²) < 4.78 is 5.31. The van der Waals surface area contributed by atoms with Crippen LogP contribution >= 0.6 is 0 Å². The Morgan fingerprint density at radius 3 is 2.60 bits per heavy atom. The van der Waals surface area contributed by atoms with Gasteiger partial charge in [0.25, 0.3) is 0 Å². The number of carbonyl (C=O) groups excluding carboxylic acids is 2. The fourth-order valence-electron chi connectivity index (χ4n) is 3.90. The number of amides is 2. The van der Waals surface area contributed by atoms with E-state index in [0.29, 0.717) is 18.1 Å². The van der Waals surface area contributed by atoms with Crippen molar-refractivity contribution >= 4 is 11.8 Å². The fraction of sp³-hybridized carbons (Fsp3) is 0.778. The summed E-state index contributed by atoms with van der Waals surface area (Å²) in [5.74, 6) is 1.57. The first kappa shape index (κ1) is 17.9. The van der Waals surface area contributed by atoms with Gasteiger partial charge in [-0.05, 0) is 32.1 Å². The predicted octanol–water partition coefficient (Wildman–Crippen LogP) is 2.65. The number of likely N-dealkylation sites (tertiary alicyclic amines) is 2. The number of rotatable bonds is 4. The van der Waals surface area contributed by atoms with Gasteiger partial charge in [0, 0.05) is 38.4 Å². The van der Waals surface area contributed by atoms with Crippen LogP contribution in [-0.4, -0.2) is 50.9 Å². The van der Waals surface area contributed by atoms with Crippen molar-refractivity contribution in [2.45, 2.75) is 77.3 Å². The predicted molar refractivity (Wildman–Crippen MR) is 91.7 cm³/mol. The number of carbonyl (C=O) groups is 2. The second kappa shape index (κ2) is 7.54. The van der Waals surface area contributed by atoms with Gasteiger partial charge in [0.05, 0.1) is 6.04 Å². The third-order valence-corrected chi connectivity index (χ3v) is 5.26. The average molecular weight is 348 g/mol. The minimum absolute atomic E-state index is 0.0245. The summed E-state index contributed by atoms with van der Waals surface area (Å²) in [7, 11) is 0. The third-order valence-electron chi connectivity index (χ3n) is 5.26. The maximum absolute atomic E-state index is 12.9. The minimum Gasteiger partial charge on any atom is -0.339 e. The molecule has 0 N–H and O–H groups in total. The fourth-order valence-corrected chi connectivity index (χ4v) is 3.90. The molecule has 2 fully saturated rings. The molecule has 0 saturated carbocycles. The van der Waals surface area contributed by atoms with E-state index in [1.807, 2.05) is 23.6 Å². The Hall–Kier alpha value is -1.92. The van der Waals surface area contributed by atoms with E-state index in [0.717, 1.165) is 45.2 Å². The van der Waals surface area contributed by atoms with E-state index < -0.39 is 0 Å². The Morgan fingerprint density at radius 2 is 1.92 bits per heavy atom. The smallest absolute Gasteiger partial charge is 0.229 e. The summed E-state index contributed by atoms with van der Waals surface area (Å²) in [5, 5.41) is 4.10. The summed E-state index contributed by atoms with van der Waals surface area (Å²) in [4.78, 5) is 33.0. The molecule has 0 bridgehead atoms. The Kier molecular flexibility index (Phi) is 5.39. The van der Waals surface area contributed by atoms with Crippen molar-refractivity contribution in [1.82, 2.24) is 19.9 Å².